The van der Waals surface area contributed by atoms with Gasteiger partial charge in [-0.25, -0.2) is 0 Å². The quantitative estimate of drug-likeness (QED) is 0.597. The molecule has 3 rings (SSSR count). The summed E-state index contributed by atoms with van der Waals surface area (Å²) in [5, 5.41) is 0. The SMILES string of the molecule is Cn1c(-c2ccccc2)c(-c2ccccc2)n(C(F)F)c1=S. The minimum Gasteiger partial charge on any atom is -0.319 e. The predicted octanol–water partition coefficient (Wildman–Crippen LogP) is 5.29. The Morgan fingerprint density at radius 2 is 1.27 bits per heavy atom. The maximum Gasteiger partial charge on any atom is 0.321 e. The van der Waals surface area contributed by atoms with E-state index in [0.717, 1.165) is 10.1 Å². The third kappa shape index (κ3) is 2.37. The summed E-state index contributed by atoms with van der Waals surface area (Å²) in [6.45, 7) is -2.69. The Hall–Kier alpha value is -2.27. The summed E-state index contributed by atoms with van der Waals surface area (Å²) in [6.07, 6.45) is 0. The molecule has 0 spiro atoms. The van der Waals surface area contributed by atoms with Crippen molar-refractivity contribution in [3.05, 3.63) is 65.4 Å². The molecule has 0 unspecified atom stereocenters. The van der Waals surface area contributed by atoms with Crippen LogP contribution in [0, 0.1) is 4.77 Å². The highest BCUT2D eigenvalue weighted by molar-refractivity contribution is 7.71. The van der Waals surface area contributed by atoms with Crippen LogP contribution in [-0.2, 0) is 7.05 Å². The molecule has 0 atom stereocenters. The lowest BCUT2D eigenvalue weighted by molar-refractivity contribution is 0.0699. The van der Waals surface area contributed by atoms with E-state index in [0.29, 0.717) is 17.0 Å². The minimum atomic E-state index is -2.69. The van der Waals surface area contributed by atoms with Crippen molar-refractivity contribution >= 4 is 12.2 Å². The number of rotatable bonds is 3. The summed E-state index contributed by atoms with van der Waals surface area (Å²) >= 11 is 5.22. The zero-order chi connectivity index (χ0) is 15.7. The van der Waals surface area contributed by atoms with Gasteiger partial charge < -0.3 is 4.57 Å². The van der Waals surface area contributed by atoms with Gasteiger partial charge in [0, 0.05) is 18.2 Å². The Balaban J connectivity index is 2.40. The van der Waals surface area contributed by atoms with Crippen LogP contribution in [0.2, 0.25) is 0 Å². The van der Waals surface area contributed by atoms with Crippen molar-refractivity contribution in [3.63, 3.8) is 0 Å². The fourth-order valence-corrected chi connectivity index (χ4v) is 2.87. The topological polar surface area (TPSA) is 9.86 Å². The maximum atomic E-state index is 13.6. The van der Waals surface area contributed by atoms with E-state index in [9.17, 15) is 8.78 Å². The number of hydrogen-bond acceptors (Lipinski definition) is 1. The van der Waals surface area contributed by atoms with Crippen LogP contribution in [0.3, 0.4) is 0 Å². The first-order valence-corrected chi connectivity index (χ1v) is 7.22. The number of imidazole rings is 1. The predicted molar refractivity (Wildman–Crippen MR) is 86.4 cm³/mol. The molecule has 1 heterocycles. The zero-order valence-corrected chi connectivity index (χ0v) is 12.7. The highest BCUT2D eigenvalue weighted by atomic mass is 32.1. The Bertz CT molecular complexity index is 836. The Kier molecular flexibility index (Phi) is 3.90. The average Bonchev–Trinajstić information content (AvgIpc) is 2.81. The normalized spacial score (nSPS) is 11.1. The molecule has 0 amide bonds. The first-order valence-electron chi connectivity index (χ1n) is 6.81. The lowest BCUT2D eigenvalue weighted by Gasteiger charge is -2.10. The van der Waals surface area contributed by atoms with Crippen LogP contribution in [0.5, 0.6) is 0 Å². The van der Waals surface area contributed by atoms with Crippen LogP contribution in [0.25, 0.3) is 22.5 Å². The minimum absolute atomic E-state index is 0.104. The third-order valence-corrected chi connectivity index (χ3v) is 4.05. The van der Waals surface area contributed by atoms with Crippen LogP contribution in [0.4, 0.5) is 8.78 Å². The van der Waals surface area contributed by atoms with Crippen LogP contribution >= 0.6 is 12.2 Å². The molecule has 112 valence electrons. The lowest BCUT2D eigenvalue weighted by Crippen LogP contribution is -2.01. The van der Waals surface area contributed by atoms with Crippen molar-refractivity contribution in [2.75, 3.05) is 0 Å². The Labute approximate surface area is 132 Å². The highest BCUT2D eigenvalue weighted by Crippen LogP contribution is 2.36. The second-order valence-electron chi connectivity index (χ2n) is 4.92. The van der Waals surface area contributed by atoms with Gasteiger partial charge in [0.05, 0.1) is 11.4 Å². The van der Waals surface area contributed by atoms with Gasteiger partial charge in [-0.15, -0.1) is 0 Å². The van der Waals surface area contributed by atoms with Gasteiger partial charge in [0.25, 0.3) is 0 Å². The fourth-order valence-electron chi connectivity index (χ4n) is 2.61. The zero-order valence-electron chi connectivity index (χ0n) is 11.9. The lowest BCUT2D eigenvalue weighted by atomic mass is 10.0. The number of aromatic nitrogens is 2. The summed E-state index contributed by atoms with van der Waals surface area (Å²) < 4.78 is 29.8. The van der Waals surface area contributed by atoms with Gasteiger partial charge in [-0.05, 0) is 12.2 Å². The summed E-state index contributed by atoms with van der Waals surface area (Å²) in [6, 6.07) is 18.6. The molecule has 0 aliphatic heterocycles. The molecule has 3 aromatic rings. The number of halogens is 2. The average molecular weight is 316 g/mol. The first kappa shape index (κ1) is 14.7. The van der Waals surface area contributed by atoms with Crippen LogP contribution in [0.15, 0.2) is 60.7 Å². The van der Waals surface area contributed by atoms with E-state index in [1.807, 2.05) is 60.7 Å². The smallest absolute Gasteiger partial charge is 0.319 e. The number of nitrogens with zero attached hydrogens (tertiary/aromatic N) is 2. The number of benzene rings is 2. The van der Waals surface area contributed by atoms with Gasteiger partial charge in [-0.1, -0.05) is 60.7 Å². The standard InChI is InChI=1S/C17H14F2N2S/c1-20-14(12-8-4-2-5-9-12)15(13-10-6-3-7-11-13)21(16(18)19)17(20)22/h2-11,16H,1H3. The monoisotopic (exact) mass is 316 g/mol. The van der Waals surface area contributed by atoms with Gasteiger partial charge in [0.15, 0.2) is 4.77 Å². The molecule has 0 N–H and O–H groups in total. The molecule has 0 aliphatic rings. The van der Waals surface area contributed by atoms with E-state index in [1.165, 1.54) is 0 Å². The van der Waals surface area contributed by atoms with Gasteiger partial charge in [0.1, 0.15) is 0 Å². The molecule has 0 saturated carbocycles. The van der Waals surface area contributed by atoms with E-state index in [2.05, 4.69) is 0 Å². The molecule has 2 nitrogen and oxygen atoms in total. The molecule has 2 aromatic carbocycles. The van der Waals surface area contributed by atoms with Crippen molar-refractivity contribution in [1.82, 2.24) is 9.13 Å². The van der Waals surface area contributed by atoms with Crippen molar-refractivity contribution in [2.24, 2.45) is 7.05 Å². The van der Waals surface area contributed by atoms with E-state index in [-0.39, 0.29) is 4.77 Å². The molecular weight excluding hydrogens is 302 g/mol. The summed E-state index contributed by atoms with van der Waals surface area (Å²) in [5.74, 6) is 0. The van der Waals surface area contributed by atoms with Crippen LogP contribution in [0.1, 0.15) is 6.55 Å². The van der Waals surface area contributed by atoms with Gasteiger partial charge in [0.2, 0.25) is 0 Å². The maximum absolute atomic E-state index is 13.6. The third-order valence-electron chi connectivity index (χ3n) is 3.58. The molecule has 1 aromatic heterocycles. The van der Waals surface area contributed by atoms with E-state index in [1.54, 1.807) is 11.6 Å². The summed E-state index contributed by atoms with van der Waals surface area (Å²) in [7, 11) is 1.72. The van der Waals surface area contributed by atoms with Gasteiger partial charge in [-0.2, -0.15) is 8.78 Å². The van der Waals surface area contributed by atoms with Crippen molar-refractivity contribution in [1.29, 1.82) is 0 Å². The van der Waals surface area contributed by atoms with E-state index < -0.39 is 6.55 Å². The fraction of sp³-hybridized carbons (Fsp3) is 0.118. The largest absolute Gasteiger partial charge is 0.321 e. The first-order chi connectivity index (χ1) is 10.6. The molecule has 22 heavy (non-hydrogen) atoms. The molecule has 0 fully saturated rings. The molecular formula is C17H14F2N2S. The molecule has 0 saturated heterocycles. The molecule has 0 aliphatic carbocycles. The number of alkyl halides is 2. The van der Waals surface area contributed by atoms with Gasteiger partial charge in [-0.3, -0.25) is 4.57 Å². The highest BCUT2D eigenvalue weighted by Gasteiger charge is 2.23. The Morgan fingerprint density at radius 1 is 0.818 bits per heavy atom. The van der Waals surface area contributed by atoms with E-state index >= 15 is 0 Å². The second-order valence-corrected chi connectivity index (χ2v) is 5.28. The summed E-state index contributed by atoms with van der Waals surface area (Å²) in [4.78, 5) is 0. The van der Waals surface area contributed by atoms with Crippen molar-refractivity contribution in [2.45, 2.75) is 6.55 Å². The Morgan fingerprint density at radius 3 is 1.73 bits per heavy atom. The van der Waals surface area contributed by atoms with Crippen molar-refractivity contribution < 1.29 is 8.78 Å². The summed E-state index contributed by atoms with van der Waals surface area (Å²) in [5.41, 5.74) is 2.70. The molecule has 0 radical (unpaired) electrons. The molecule has 0 bridgehead atoms. The molecule has 5 heteroatoms. The number of hydrogen-bond donors (Lipinski definition) is 0. The van der Waals surface area contributed by atoms with Crippen LogP contribution < -0.4 is 0 Å². The van der Waals surface area contributed by atoms with Crippen molar-refractivity contribution in [3.8, 4) is 22.5 Å². The second kappa shape index (κ2) is 5.85. The van der Waals surface area contributed by atoms with E-state index in [4.69, 9.17) is 12.2 Å². The van der Waals surface area contributed by atoms with Gasteiger partial charge >= 0.3 is 6.55 Å². The van der Waals surface area contributed by atoms with Crippen LogP contribution in [-0.4, -0.2) is 9.13 Å².